The van der Waals surface area contributed by atoms with E-state index in [1.807, 2.05) is 60.7 Å². The van der Waals surface area contributed by atoms with Crippen LogP contribution in [0.3, 0.4) is 0 Å². The summed E-state index contributed by atoms with van der Waals surface area (Å²) < 4.78 is 10.6. The van der Waals surface area contributed by atoms with Gasteiger partial charge in [0.2, 0.25) is 17.7 Å². The summed E-state index contributed by atoms with van der Waals surface area (Å²) in [6.45, 7) is 10.9. The lowest BCUT2D eigenvalue weighted by molar-refractivity contribution is -0.145. The second kappa shape index (κ2) is 19.6. The van der Waals surface area contributed by atoms with Gasteiger partial charge in [0.1, 0.15) is 35.4 Å². The number of alkyl carbamates (subject to hydrolysis) is 2. The molecule has 1 aliphatic rings. The number of amides is 5. The van der Waals surface area contributed by atoms with Crippen LogP contribution in [0.4, 0.5) is 9.59 Å². The summed E-state index contributed by atoms with van der Waals surface area (Å²) >= 11 is 0. The average Bonchev–Trinajstić information content (AvgIpc) is 3.56. The minimum Gasteiger partial charge on any atom is -0.480 e. The zero-order valence-electron chi connectivity index (χ0n) is 31.6. The molecule has 0 bridgehead atoms. The van der Waals surface area contributed by atoms with Gasteiger partial charge in [-0.25, -0.2) is 14.4 Å². The van der Waals surface area contributed by atoms with Crippen LogP contribution in [0.15, 0.2) is 60.7 Å². The minimum absolute atomic E-state index is 0.107. The molecule has 290 valence electrons. The predicted octanol–water partition coefficient (Wildman–Crippen LogP) is 4.11. The zero-order chi connectivity index (χ0) is 39.2. The van der Waals surface area contributed by atoms with Crippen LogP contribution < -0.4 is 21.3 Å². The largest absolute Gasteiger partial charge is 0.480 e. The Bertz CT molecular complexity index is 1540. The van der Waals surface area contributed by atoms with Crippen molar-refractivity contribution in [3.63, 3.8) is 0 Å². The van der Waals surface area contributed by atoms with Crippen molar-refractivity contribution in [2.24, 2.45) is 0 Å². The van der Waals surface area contributed by atoms with E-state index in [4.69, 9.17) is 9.47 Å². The van der Waals surface area contributed by atoms with Gasteiger partial charge in [0.15, 0.2) is 0 Å². The van der Waals surface area contributed by atoms with E-state index in [2.05, 4.69) is 21.3 Å². The van der Waals surface area contributed by atoms with E-state index in [0.29, 0.717) is 25.7 Å². The standard InChI is InChI=1S/C39H55N5O9/c1-38(2,3)52-36(50)40-22-14-13-20-28(35(48)49)41-33(46)31-21-15-23-44(31)34(47)30(25-27-18-11-8-12-19-27)42-32(45)29(24-26-16-9-7-10-17-26)43-37(51)53-39(4,5)6/h7-12,16-19,28-31H,13-15,20-25H2,1-6H3,(H,40,50)(H,41,46)(H,42,45)(H,43,51)(H,48,49)/t28-,29-,30-,31-/m1/s1. The number of aliphatic carboxylic acids is 1. The summed E-state index contributed by atoms with van der Waals surface area (Å²) in [6, 6.07) is 13.9. The molecule has 1 fully saturated rings. The van der Waals surface area contributed by atoms with E-state index < -0.39 is 71.2 Å². The fraction of sp³-hybridized carbons (Fsp3) is 0.538. The van der Waals surface area contributed by atoms with E-state index in [0.717, 1.165) is 11.1 Å². The first-order valence-corrected chi connectivity index (χ1v) is 18.1. The molecule has 0 aromatic heterocycles. The van der Waals surface area contributed by atoms with Crippen molar-refractivity contribution < 1.29 is 43.3 Å². The summed E-state index contributed by atoms with van der Waals surface area (Å²) in [5.74, 6) is -2.93. The molecule has 0 radical (unpaired) electrons. The zero-order valence-corrected chi connectivity index (χ0v) is 31.6. The Labute approximate surface area is 311 Å². The van der Waals surface area contributed by atoms with Crippen LogP contribution in [0.5, 0.6) is 0 Å². The van der Waals surface area contributed by atoms with Gasteiger partial charge in [0, 0.05) is 25.9 Å². The number of rotatable bonds is 16. The molecule has 5 amide bonds. The molecule has 2 aromatic carbocycles. The number of hydrogen-bond donors (Lipinski definition) is 5. The molecule has 14 nitrogen and oxygen atoms in total. The molecule has 53 heavy (non-hydrogen) atoms. The van der Waals surface area contributed by atoms with Gasteiger partial charge in [0.05, 0.1) is 0 Å². The number of benzene rings is 2. The molecule has 1 heterocycles. The minimum atomic E-state index is -1.22. The number of ether oxygens (including phenoxy) is 2. The third-order valence-corrected chi connectivity index (χ3v) is 8.23. The van der Waals surface area contributed by atoms with E-state index in [-0.39, 0.29) is 32.4 Å². The highest BCUT2D eigenvalue weighted by Gasteiger charge is 2.39. The molecular formula is C39H55N5O9. The number of likely N-dealkylation sites (tertiary alicyclic amines) is 1. The number of carbonyl (C=O) groups excluding carboxylic acids is 5. The van der Waals surface area contributed by atoms with E-state index in [9.17, 15) is 33.9 Å². The smallest absolute Gasteiger partial charge is 0.408 e. The van der Waals surface area contributed by atoms with Gasteiger partial charge in [-0.15, -0.1) is 0 Å². The Morgan fingerprint density at radius 3 is 1.83 bits per heavy atom. The quantitative estimate of drug-likeness (QED) is 0.158. The van der Waals surface area contributed by atoms with Crippen molar-refractivity contribution in [3.8, 4) is 0 Å². The molecule has 0 aliphatic carbocycles. The Morgan fingerprint density at radius 1 is 0.736 bits per heavy atom. The van der Waals surface area contributed by atoms with Gasteiger partial charge in [0.25, 0.3) is 0 Å². The lowest BCUT2D eigenvalue weighted by Gasteiger charge is -2.30. The molecular weight excluding hydrogens is 682 g/mol. The maximum absolute atomic E-state index is 14.3. The van der Waals surface area contributed by atoms with Crippen molar-refractivity contribution in [2.75, 3.05) is 13.1 Å². The fourth-order valence-corrected chi connectivity index (χ4v) is 5.84. The second-order valence-electron chi connectivity index (χ2n) is 15.2. The third kappa shape index (κ3) is 15.2. The van der Waals surface area contributed by atoms with Crippen molar-refractivity contribution in [3.05, 3.63) is 71.8 Å². The third-order valence-electron chi connectivity index (χ3n) is 8.23. The van der Waals surface area contributed by atoms with E-state index >= 15 is 0 Å². The number of carbonyl (C=O) groups is 6. The molecule has 0 spiro atoms. The first kappa shape index (κ1) is 42.3. The van der Waals surface area contributed by atoms with Crippen molar-refractivity contribution in [2.45, 2.75) is 122 Å². The number of carboxylic acids is 1. The lowest BCUT2D eigenvalue weighted by atomic mass is 10.0. The molecule has 1 aliphatic heterocycles. The Balaban J connectivity index is 1.73. The van der Waals surface area contributed by atoms with Crippen molar-refractivity contribution in [1.82, 2.24) is 26.2 Å². The summed E-state index contributed by atoms with van der Waals surface area (Å²) in [4.78, 5) is 79.9. The highest BCUT2D eigenvalue weighted by Crippen LogP contribution is 2.21. The van der Waals surface area contributed by atoms with Crippen LogP contribution in [0.2, 0.25) is 0 Å². The van der Waals surface area contributed by atoms with Crippen LogP contribution in [0, 0.1) is 0 Å². The first-order valence-electron chi connectivity index (χ1n) is 18.1. The summed E-state index contributed by atoms with van der Waals surface area (Å²) in [5, 5.41) is 20.6. The summed E-state index contributed by atoms with van der Waals surface area (Å²) in [5.41, 5.74) is 0.0828. The topological polar surface area (TPSA) is 192 Å². The number of nitrogens with one attached hydrogen (secondary N) is 4. The normalized spacial score (nSPS) is 16.0. The number of nitrogens with zero attached hydrogens (tertiary/aromatic N) is 1. The van der Waals surface area contributed by atoms with Gasteiger partial charge in [-0.2, -0.15) is 0 Å². The molecule has 3 rings (SSSR count). The molecule has 1 saturated heterocycles. The number of hydrogen-bond acceptors (Lipinski definition) is 8. The van der Waals surface area contributed by atoms with Gasteiger partial charge in [-0.1, -0.05) is 60.7 Å². The summed E-state index contributed by atoms with van der Waals surface area (Å²) in [6.07, 6.45) is 0.651. The Hall–Kier alpha value is -5.14. The Morgan fingerprint density at radius 2 is 1.28 bits per heavy atom. The number of unbranched alkanes of at least 4 members (excludes halogenated alkanes) is 1. The highest BCUT2D eigenvalue weighted by molar-refractivity contribution is 5.95. The van der Waals surface area contributed by atoms with Crippen LogP contribution in [0.1, 0.15) is 84.8 Å². The SMILES string of the molecule is CC(C)(C)OC(=O)NCCCC[C@@H](NC(=O)[C@H]1CCCN1C(=O)[C@@H](Cc1ccccc1)NC(=O)[C@@H](Cc1ccccc1)NC(=O)OC(C)(C)C)C(=O)O. The van der Waals surface area contributed by atoms with Crippen LogP contribution in [-0.4, -0.2) is 94.3 Å². The van der Waals surface area contributed by atoms with Crippen LogP contribution in [0.25, 0.3) is 0 Å². The molecule has 0 unspecified atom stereocenters. The fourth-order valence-electron chi connectivity index (χ4n) is 5.84. The maximum atomic E-state index is 14.3. The van der Waals surface area contributed by atoms with Crippen LogP contribution >= 0.6 is 0 Å². The van der Waals surface area contributed by atoms with Crippen molar-refractivity contribution >= 4 is 35.9 Å². The maximum Gasteiger partial charge on any atom is 0.408 e. The van der Waals surface area contributed by atoms with E-state index in [1.165, 1.54) is 4.90 Å². The first-order chi connectivity index (χ1) is 24.9. The van der Waals surface area contributed by atoms with Crippen LogP contribution in [-0.2, 0) is 41.5 Å². The van der Waals surface area contributed by atoms with Gasteiger partial charge in [-0.05, 0) is 84.8 Å². The predicted molar refractivity (Wildman–Crippen MR) is 198 cm³/mol. The highest BCUT2D eigenvalue weighted by atomic mass is 16.6. The molecule has 14 heteroatoms. The molecule has 4 atom stereocenters. The molecule has 5 N–H and O–H groups in total. The lowest BCUT2D eigenvalue weighted by Crippen LogP contribution is -2.58. The second-order valence-corrected chi connectivity index (χ2v) is 15.2. The summed E-state index contributed by atoms with van der Waals surface area (Å²) in [7, 11) is 0. The monoisotopic (exact) mass is 737 g/mol. The molecule has 2 aromatic rings. The number of carboxylic acid groups (broad SMARTS) is 1. The van der Waals surface area contributed by atoms with Crippen molar-refractivity contribution in [1.29, 1.82) is 0 Å². The van der Waals surface area contributed by atoms with Gasteiger partial charge < -0.3 is 40.7 Å². The van der Waals surface area contributed by atoms with Gasteiger partial charge >= 0.3 is 18.2 Å². The van der Waals surface area contributed by atoms with E-state index in [1.54, 1.807) is 41.5 Å². The van der Waals surface area contributed by atoms with Gasteiger partial charge in [-0.3, -0.25) is 14.4 Å². The Kier molecular flexibility index (Phi) is 15.7. The average molecular weight is 738 g/mol. The molecule has 0 saturated carbocycles.